The van der Waals surface area contributed by atoms with Gasteiger partial charge < -0.3 is 14.2 Å². The minimum absolute atomic E-state index is 0.111. The maximum atomic E-state index is 17.4. The molecule has 3 atom stereocenters. The van der Waals surface area contributed by atoms with Crippen molar-refractivity contribution in [1.82, 2.24) is 9.55 Å². The average molecular weight is 827 g/mol. The molecule has 0 saturated carbocycles. The lowest BCUT2D eigenvalue weighted by Gasteiger charge is -2.42. The maximum absolute atomic E-state index is 17.4. The monoisotopic (exact) mass is 826 g/mol. The number of halogens is 7. The number of methoxy groups -OCH3 is 1. The number of alkyl halides is 7. The number of H-pyrrole nitrogens is 1. The molecule has 0 aliphatic carbocycles. The summed E-state index contributed by atoms with van der Waals surface area (Å²) in [7, 11) is -12.0. The van der Waals surface area contributed by atoms with E-state index in [4.69, 9.17) is 14.2 Å². The van der Waals surface area contributed by atoms with Crippen LogP contribution in [0, 0.1) is 6.92 Å². The lowest BCUT2D eigenvalue weighted by atomic mass is 9.79. The van der Waals surface area contributed by atoms with Gasteiger partial charge in [0, 0.05) is 11.8 Å². The molecular weight excluding hydrogens is 797 g/mol. The van der Waals surface area contributed by atoms with Gasteiger partial charge in [0.2, 0.25) is 0 Å². The summed E-state index contributed by atoms with van der Waals surface area (Å²) in [4.78, 5) is 27.0. The minimum atomic E-state index is -6.67. The summed E-state index contributed by atoms with van der Waals surface area (Å²) in [5, 5.41) is 0. The molecule has 0 spiro atoms. The first-order chi connectivity index (χ1) is 25.6. The van der Waals surface area contributed by atoms with Crippen LogP contribution in [0.1, 0.15) is 28.5 Å². The van der Waals surface area contributed by atoms with Gasteiger partial charge in [-0.3, -0.25) is 22.7 Å². The van der Waals surface area contributed by atoms with E-state index in [1.165, 1.54) is 79.9 Å². The van der Waals surface area contributed by atoms with E-state index in [0.29, 0.717) is 10.3 Å². The molecule has 1 N–H and O–H groups in total. The molecule has 3 aromatic carbocycles. The maximum Gasteiger partial charge on any atom is 0.523 e. The van der Waals surface area contributed by atoms with Crippen molar-refractivity contribution in [3.05, 3.63) is 134 Å². The second-order valence-electron chi connectivity index (χ2n) is 12.0. The van der Waals surface area contributed by atoms with E-state index < -0.39 is 85.4 Å². The fourth-order valence-electron chi connectivity index (χ4n) is 5.80. The van der Waals surface area contributed by atoms with Crippen LogP contribution in [0.3, 0.4) is 0 Å². The van der Waals surface area contributed by atoms with E-state index in [2.05, 4.69) is 8.37 Å². The standard InChI is InChI=1S/C33H29F7N2O11S2/c1-20-17-42(29(44)41-27(20)43)28-25(34)26(30(53-28,18-50-54(45,46)32(35,36)37)19-51-55(47,48)33(38,39)40)52-31(21-9-5-3-6-10-21,22-11-7-4-8-12-22)23-13-15-24(49-2)16-14-23/h3-17,25-26,28H,18-19H2,1-2H3,(H,41,43,44)/t25-,26-,28+/m0/s1. The number of aryl methyl sites for hydroxylation is 1. The minimum Gasteiger partial charge on any atom is -0.497 e. The van der Waals surface area contributed by atoms with Gasteiger partial charge in [-0.15, -0.1) is 0 Å². The van der Waals surface area contributed by atoms with E-state index in [-0.39, 0.29) is 22.3 Å². The third-order valence-corrected chi connectivity index (χ3v) is 10.5. The van der Waals surface area contributed by atoms with Crippen LogP contribution in [0.15, 0.2) is 101 Å². The second-order valence-corrected chi connectivity index (χ2v) is 15.2. The fraction of sp³-hybridized carbons (Fsp3) is 0.333. The summed E-state index contributed by atoms with van der Waals surface area (Å²) in [6.07, 6.45) is -7.33. The zero-order valence-corrected chi connectivity index (χ0v) is 29.8. The SMILES string of the molecule is COc1ccc(C(O[C@H]2[C@H](F)[C@H](n3cc(C)c(=O)[nH]c3=O)OC2(COS(=O)(=O)C(F)(F)F)COS(=O)(=O)C(F)(F)F)(c2ccccc2)c2ccccc2)cc1. The summed E-state index contributed by atoms with van der Waals surface area (Å²) < 4.78 is 174. The Hall–Kier alpha value is -4.61. The van der Waals surface area contributed by atoms with E-state index in [1.54, 1.807) is 12.1 Å². The van der Waals surface area contributed by atoms with Crippen molar-refractivity contribution in [3.63, 3.8) is 0 Å². The Morgan fingerprint density at radius 2 is 1.22 bits per heavy atom. The predicted octanol–water partition coefficient (Wildman–Crippen LogP) is 4.57. The zero-order valence-electron chi connectivity index (χ0n) is 28.2. The van der Waals surface area contributed by atoms with Gasteiger partial charge in [0.25, 0.3) is 5.56 Å². The highest BCUT2D eigenvalue weighted by Gasteiger charge is 2.63. The van der Waals surface area contributed by atoms with Crippen LogP contribution >= 0.6 is 0 Å². The molecule has 1 aromatic heterocycles. The molecule has 2 heterocycles. The van der Waals surface area contributed by atoms with Crippen molar-refractivity contribution in [2.75, 3.05) is 20.3 Å². The van der Waals surface area contributed by atoms with E-state index >= 15 is 4.39 Å². The number of hydrogen-bond acceptors (Lipinski definition) is 11. The Morgan fingerprint density at radius 1 is 0.764 bits per heavy atom. The summed E-state index contributed by atoms with van der Waals surface area (Å²) in [6, 6.07) is 20.7. The van der Waals surface area contributed by atoms with Gasteiger partial charge >= 0.3 is 36.9 Å². The quantitative estimate of drug-likeness (QED) is 0.0868. The highest BCUT2D eigenvalue weighted by molar-refractivity contribution is 7.87. The summed E-state index contributed by atoms with van der Waals surface area (Å²) in [5.74, 6) is 0.296. The Kier molecular flexibility index (Phi) is 11.4. The van der Waals surface area contributed by atoms with Gasteiger partial charge in [-0.05, 0) is 35.7 Å². The van der Waals surface area contributed by atoms with Gasteiger partial charge in [0.1, 0.15) is 36.3 Å². The Bertz CT molecular complexity index is 2230. The van der Waals surface area contributed by atoms with Crippen molar-refractivity contribution >= 4 is 20.2 Å². The van der Waals surface area contributed by atoms with Crippen LogP contribution in [0.2, 0.25) is 0 Å². The molecule has 0 bridgehead atoms. The molecule has 55 heavy (non-hydrogen) atoms. The molecule has 0 amide bonds. The first-order valence-electron chi connectivity index (χ1n) is 15.6. The lowest BCUT2D eigenvalue weighted by Crippen LogP contribution is -2.56. The van der Waals surface area contributed by atoms with Crippen molar-refractivity contribution < 1.29 is 70.1 Å². The molecule has 298 valence electrons. The van der Waals surface area contributed by atoms with E-state index in [1.807, 2.05) is 4.98 Å². The van der Waals surface area contributed by atoms with Gasteiger partial charge in [-0.2, -0.15) is 43.2 Å². The zero-order chi connectivity index (χ0) is 40.6. The van der Waals surface area contributed by atoms with Crippen molar-refractivity contribution in [2.24, 2.45) is 0 Å². The van der Waals surface area contributed by atoms with Gasteiger partial charge in [-0.1, -0.05) is 72.8 Å². The highest BCUT2D eigenvalue weighted by Crippen LogP contribution is 2.50. The summed E-state index contributed by atoms with van der Waals surface area (Å²) in [5.41, 5.74) is -20.1. The molecule has 1 fully saturated rings. The van der Waals surface area contributed by atoms with Crippen LogP contribution in [-0.4, -0.2) is 75.6 Å². The van der Waals surface area contributed by atoms with Crippen LogP contribution in [0.25, 0.3) is 0 Å². The van der Waals surface area contributed by atoms with E-state index in [0.717, 1.165) is 13.1 Å². The summed E-state index contributed by atoms with van der Waals surface area (Å²) in [6.45, 7) is -3.04. The van der Waals surface area contributed by atoms with E-state index in [9.17, 15) is 52.8 Å². The third-order valence-electron chi connectivity index (χ3n) is 8.50. The molecule has 13 nitrogen and oxygen atoms in total. The average Bonchev–Trinajstić information content (AvgIpc) is 3.40. The molecule has 4 aromatic rings. The Morgan fingerprint density at radius 3 is 1.65 bits per heavy atom. The molecular formula is C33H29F7N2O11S2. The number of aromatic amines is 1. The molecule has 5 rings (SSSR count). The predicted molar refractivity (Wildman–Crippen MR) is 176 cm³/mol. The Balaban J connectivity index is 1.84. The van der Waals surface area contributed by atoms with Gasteiger partial charge in [0.15, 0.2) is 12.4 Å². The third kappa shape index (κ3) is 8.05. The molecule has 0 unspecified atom stereocenters. The Labute approximate surface area is 307 Å². The molecule has 1 aliphatic rings. The number of ether oxygens (including phenoxy) is 3. The van der Waals surface area contributed by atoms with Crippen molar-refractivity contribution in [1.29, 1.82) is 0 Å². The van der Waals surface area contributed by atoms with Crippen LogP contribution < -0.4 is 16.0 Å². The number of nitrogens with zero attached hydrogens (tertiary/aromatic N) is 1. The van der Waals surface area contributed by atoms with Gasteiger partial charge in [-0.25, -0.2) is 9.18 Å². The molecule has 22 heteroatoms. The number of hydrogen-bond donors (Lipinski definition) is 1. The number of benzene rings is 3. The van der Waals surface area contributed by atoms with Crippen molar-refractivity contribution in [3.8, 4) is 5.75 Å². The first kappa shape index (κ1) is 41.6. The molecule has 0 radical (unpaired) electrons. The molecule has 1 aliphatic heterocycles. The number of aromatic nitrogens is 2. The largest absolute Gasteiger partial charge is 0.523 e. The topological polar surface area (TPSA) is 169 Å². The van der Waals surface area contributed by atoms with Gasteiger partial charge in [0.05, 0.1) is 7.11 Å². The summed E-state index contributed by atoms with van der Waals surface area (Å²) >= 11 is 0. The normalized spacial score (nSPS) is 19.3. The van der Waals surface area contributed by atoms with Crippen LogP contribution in [0.5, 0.6) is 5.75 Å². The smallest absolute Gasteiger partial charge is 0.497 e. The highest BCUT2D eigenvalue weighted by atomic mass is 32.2. The lowest BCUT2D eigenvalue weighted by molar-refractivity contribution is -0.177. The number of nitrogens with one attached hydrogen (secondary N) is 1. The first-order valence-corrected chi connectivity index (χ1v) is 18.4. The van der Waals surface area contributed by atoms with Crippen LogP contribution in [0.4, 0.5) is 30.7 Å². The van der Waals surface area contributed by atoms with Crippen LogP contribution in [-0.2, 0) is 43.7 Å². The second kappa shape index (κ2) is 15.1. The fourth-order valence-corrected chi connectivity index (χ4v) is 6.77. The molecule has 1 saturated heterocycles. The number of rotatable bonds is 13. The van der Waals surface area contributed by atoms with Crippen molar-refractivity contribution in [2.45, 2.75) is 47.6 Å².